The maximum atomic E-state index is 9.12. The molecule has 2 heterocycles. The summed E-state index contributed by atoms with van der Waals surface area (Å²) < 4.78 is 0. The molecule has 25 heavy (non-hydrogen) atoms. The first-order valence-electron chi connectivity index (χ1n) is 8.42. The molecule has 4 nitrogen and oxygen atoms in total. The summed E-state index contributed by atoms with van der Waals surface area (Å²) in [5, 5.41) is 14.9. The van der Waals surface area contributed by atoms with Gasteiger partial charge in [0.25, 0.3) is 0 Å². The van der Waals surface area contributed by atoms with E-state index in [0.717, 1.165) is 24.1 Å². The second kappa shape index (κ2) is 7.11. The van der Waals surface area contributed by atoms with E-state index < -0.39 is 0 Å². The van der Waals surface area contributed by atoms with E-state index in [-0.39, 0.29) is 11.8 Å². The number of rotatable bonds is 4. The fraction of sp³-hybridized carbons (Fsp3) is 0.350. The molecular formula is C20H24N4S. The van der Waals surface area contributed by atoms with Crippen molar-refractivity contribution in [2.24, 2.45) is 11.7 Å². The highest BCUT2D eigenvalue weighted by Gasteiger charge is 2.42. The normalized spacial score (nSPS) is 27.0. The SMILES string of the molecule is C=CC[C@H]1CN(C)C(N)N[C@]1(C)c1cc(-c2cccc(C#N)c2)cs1. The summed E-state index contributed by atoms with van der Waals surface area (Å²) in [6.07, 6.45) is 2.75. The minimum absolute atomic E-state index is 0.168. The van der Waals surface area contributed by atoms with Gasteiger partial charge in [0.2, 0.25) is 0 Å². The topological polar surface area (TPSA) is 65.1 Å². The van der Waals surface area contributed by atoms with Crippen molar-refractivity contribution >= 4 is 11.3 Å². The molecule has 0 amide bonds. The van der Waals surface area contributed by atoms with Crippen molar-refractivity contribution in [1.82, 2.24) is 10.2 Å². The van der Waals surface area contributed by atoms with Crippen molar-refractivity contribution in [2.45, 2.75) is 25.2 Å². The van der Waals surface area contributed by atoms with Gasteiger partial charge in [0.1, 0.15) is 6.29 Å². The molecule has 1 unspecified atom stereocenters. The molecule has 0 spiro atoms. The van der Waals surface area contributed by atoms with Gasteiger partial charge in [-0.3, -0.25) is 10.2 Å². The van der Waals surface area contributed by atoms with E-state index in [4.69, 9.17) is 11.0 Å². The number of hydrogen-bond acceptors (Lipinski definition) is 5. The van der Waals surface area contributed by atoms with Crippen LogP contribution in [0.15, 0.2) is 48.4 Å². The van der Waals surface area contributed by atoms with Gasteiger partial charge < -0.3 is 5.73 Å². The fourth-order valence-corrected chi connectivity index (χ4v) is 4.61. The van der Waals surface area contributed by atoms with Crippen LogP contribution in [0.25, 0.3) is 11.1 Å². The zero-order valence-corrected chi connectivity index (χ0v) is 15.5. The van der Waals surface area contributed by atoms with Gasteiger partial charge in [-0.2, -0.15) is 5.26 Å². The number of hydrogen-bond donors (Lipinski definition) is 2. The second-order valence-corrected chi connectivity index (χ2v) is 7.76. The van der Waals surface area contributed by atoms with E-state index in [1.165, 1.54) is 4.88 Å². The predicted octanol–water partition coefficient (Wildman–Crippen LogP) is 3.47. The van der Waals surface area contributed by atoms with Gasteiger partial charge in [-0.15, -0.1) is 17.9 Å². The van der Waals surface area contributed by atoms with Crippen LogP contribution < -0.4 is 11.1 Å². The van der Waals surface area contributed by atoms with Crippen LogP contribution in [0.2, 0.25) is 0 Å². The van der Waals surface area contributed by atoms with Crippen molar-refractivity contribution in [2.75, 3.05) is 13.6 Å². The number of nitriles is 1. The third-order valence-corrected chi connectivity index (χ3v) is 6.30. The zero-order valence-electron chi connectivity index (χ0n) is 14.7. The van der Waals surface area contributed by atoms with Gasteiger partial charge in [0, 0.05) is 11.4 Å². The van der Waals surface area contributed by atoms with Crippen LogP contribution in [0.4, 0.5) is 0 Å². The molecule has 1 aliphatic heterocycles. The van der Waals surface area contributed by atoms with Crippen LogP contribution in [-0.2, 0) is 5.54 Å². The molecule has 0 saturated carbocycles. The first kappa shape index (κ1) is 17.8. The van der Waals surface area contributed by atoms with Crippen LogP contribution >= 0.6 is 11.3 Å². The Bertz CT molecular complexity index is 806. The van der Waals surface area contributed by atoms with E-state index in [9.17, 15) is 0 Å². The Balaban J connectivity index is 1.96. The summed E-state index contributed by atoms with van der Waals surface area (Å²) in [5.74, 6) is 0.395. The molecule has 1 fully saturated rings. The molecule has 1 saturated heterocycles. The van der Waals surface area contributed by atoms with Crippen molar-refractivity contribution in [3.05, 3.63) is 58.8 Å². The molecule has 3 rings (SSSR count). The average Bonchev–Trinajstić information content (AvgIpc) is 3.11. The van der Waals surface area contributed by atoms with Crippen LogP contribution in [0.3, 0.4) is 0 Å². The summed E-state index contributed by atoms with van der Waals surface area (Å²) in [5.41, 5.74) is 8.96. The predicted molar refractivity (Wildman–Crippen MR) is 104 cm³/mol. The molecule has 2 aromatic rings. The van der Waals surface area contributed by atoms with E-state index >= 15 is 0 Å². The second-order valence-electron chi connectivity index (χ2n) is 6.84. The van der Waals surface area contributed by atoms with Crippen molar-refractivity contribution < 1.29 is 0 Å². The van der Waals surface area contributed by atoms with Crippen LogP contribution in [-0.4, -0.2) is 24.8 Å². The Labute approximate surface area is 153 Å². The largest absolute Gasteiger partial charge is 0.303 e. The molecule has 5 heteroatoms. The number of thiophene rings is 1. The third-order valence-electron chi connectivity index (χ3n) is 5.13. The summed E-state index contributed by atoms with van der Waals surface area (Å²) in [7, 11) is 2.04. The minimum Gasteiger partial charge on any atom is -0.303 e. The molecule has 0 bridgehead atoms. The Morgan fingerprint density at radius 2 is 2.28 bits per heavy atom. The lowest BCUT2D eigenvalue weighted by Gasteiger charge is -2.48. The highest BCUT2D eigenvalue weighted by atomic mass is 32.1. The van der Waals surface area contributed by atoms with Gasteiger partial charge in [0.15, 0.2) is 0 Å². The average molecular weight is 353 g/mol. The maximum Gasteiger partial charge on any atom is 0.112 e. The third kappa shape index (κ3) is 3.39. The van der Waals surface area contributed by atoms with Crippen LogP contribution in [0.5, 0.6) is 0 Å². The lowest BCUT2D eigenvalue weighted by atomic mass is 9.79. The number of allylic oxidation sites excluding steroid dienone is 1. The van der Waals surface area contributed by atoms with E-state index in [0.29, 0.717) is 11.5 Å². The van der Waals surface area contributed by atoms with E-state index in [1.807, 2.05) is 37.4 Å². The molecule has 1 aromatic heterocycles. The number of nitrogens with one attached hydrogen (secondary N) is 1. The van der Waals surface area contributed by atoms with Gasteiger partial charge in [0.05, 0.1) is 17.2 Å². The molecule has 0 radical (unpaired) electrons. The van der Waals surface area contributed by atoms with E-state index in [1.54, 1.807) is 11.3 Å². The summed E-state index contributed by atoms with van der Waals surface area (Å²) in [6, 6.07) is 12.2. The Kier molecular flexibility index (Phi) is 5.07. The summed E-state index contributed by atoms with van der Waals surface area (Å²) >= 11 is 1.74. The van der Waals surface area contributed by atoms with Gasteiger partial charge in [-0.1, -0.05) is 18.2 Å². The molecular weight excluding hydrogens is 328 g/mol. The number of nitrogens with two attached hydrogens (primary N) is 1. The zero-order chi connectivity index (χ0) is 18.0. The standard InChI is InChI=1S/C20H24N4S/c1-4-6-17-12-24(3)19(22)23-20(17,2)18-10-16(13-25-18)15-8-5-7-14(9-15)11-21/h4-5,7-10,13,17,19,23H,1,6,12,22H2,2-3H3/t17-,19?,20-/m0/s1. The molecule has 130 valence electrons. The van der Waals surface area contributed by atoms with Crippen LogP contribution in [0, 0.1) is 17.2 Å². The van der Waals surface area contributed by atoms with Crippen molar-refractivity contribution in [3.63, 3.8) is 0 Å². The van der Waals surface area contributed by atoms with Gasteiger partial charge in [-0.05, 0) is 61.0 Å². The number of nitrogens with zero attached hydrogens (tertiary/aromatic N) is 2. The lowest BCUT2D eigenvalue weighted by molar-refractivity contribution is 0.0367. The molecule has 3 N–H and O–H groups in total. The Hall–Kier alpha value is -1.97. The Morgan fingerprint density at radius 1 is 1.48 bits per heavy atom. The monoisotopic (exact) mass is 352 g/mol. The van der Waals surface area contributed by atoms with Gasteiger partial charge >= 0.3 is 0 Å². The highest BCUT2D eigenvalue weighted by Crippen LogP contribution is 2.40. The number of benzene rings is 1. The molecule has 1 aromatic carbocycles. The smallest absolute Gasteiger partial charge is 0.112 e. The quantitative estimate of drug-likeness (QED) is 0.827. The van der Waals surface area contributed by atoms with Gasteiger partial charge in [-0.25, -0.2) is 0 Å². The maximum absolute atomic E-state index is 9.12. The molecule has 0 aliphatic carbocycles. The van der Waals surface area contributed by atoms with E-state index in [2.05, 4.69) is 41.2 Å². The van der Waals surface area contributed by atoms with Crippen molar-refractivity contribution in [3.8, 4) is 17.2 Å². The first-order chi connectivity index (χ1) is 12.0. The summed E-state index contributed by atoms with van der Waals surface area (Å²) in [6.45, 7) is 7.08. The van der Waals surface area contributed by atoms with Crippen LogP contribution in [0.1, 0.15) is 23.8 Å². The minimum atomic E-state index is -0.199. The molecule has 1 aliphatic rings. The lowest BCUT2D eigenvalue weighted by Crippen LogP contribution is -2.66. The van der Waals surface area contributed by atoms with Crippen molar-refractivity contribution in [1.29, 1.82) is 5.26 Å². The summed E-state index contributed by atoms with van der Waals surface area (Å²) in [4.78, 5) is 3.40. The first-order valence-corrected chi connectivity index (χ1v) is 9.30. The Morgan fingerprint density at radius 3 is 3.00 bits per heavy atom. The highest BCUT2D eigenvalue weighted by molar-refractivity contribution is 7.10. The molecule has 3 atom stereocenters. The fourth-order valence-electron chi connectivity index (χ4n) is 3.49.